The van der Waals surface area contributed by atoms with Crippen LogP contribution in [-0.2, 0) is 0 Å². The number of carbonyl (C=O) groups is 2. The number of amides is 2. The molecule has 3 aromatic heterocycles. The number of alkyl halides is 2. The van der Waals surface area contributed by atoms with Gasteiger partial charge in [0.2, 0.25) is 23.5 Å². The first kappa shape index (κ1) is 20.7. The zero-order valence-corrected chi connectivity index (χ0v) is 17.4. The highest BCUT2D eigenvalue weighted by atomic mass is 19.3. The lowest BCUT2D eigenvalue weighted by Gasteiger charge is -2.31. The van der Waals surface area contributed by atoms with Gasteiger partial charge in [0.05, 0.1) is 11.8 Å². The molecule has 168 valence electrons. The van der Waals surface area contributed by atoms with Crippen LogP contribution in [0.3, 0.4) is 0 Å². The number of nitrogens with one attached hydrogen (secondary N) is 1. The SMILES string of the molecule is Cc1ccc(-c2noc(C3CC(F)(F)C3)n2)cc1NC(=O)c1cnc2ccc(C(N)=O)cn12. The van der Waals surface area contributed by atoms with Crippen molar-refractivity contribution in [3.05, 3.63) is 65.4 Å². The number of carbonyl (C=O) groups excluding carboxylic acids is 2. The molecule has 1 saturated carbocycles. The molecule has 3 heterocycles. The Balaban J connectivity index is 1.40. The summed E-state index contributed by atoms with van der Waals surface area (Å²) in [5.41, 5.74) is 8.11. The first-order chi connectivity index (χ1) is 15.7. The zero-order chi connectivity index (χ0) is 23.3. The van der Waals surface area contributed by atoms with Gasteiger partial charge in [-0.15, -0.1) is 0 Å². The van der Waals surface area contributed by atoms with Gasteiger partial charge in [-0.3, -0.25) is 14.0 Å². The number of imidazole rings is 1. The summed E-state index contributed by atoms with van der Waals surface area (Å²) in [5.74, 6) is -3.78. The number of aromatic nitrogens is 4. The van der Waals surface area contributed by atoms with E-state index in [9.17, 15) is 18.4 Å². The quantitative estimate of drug-likeness (QED) is 0.477. The van der Waals surface area contributed by atoms with Gasteiger partial charge in [0.25, 0.3) is 5.91 Å². The molecule has 0 spiro atoms. The first-order valence-corrected chi connectivity index (χ1v) is 10.1. The second-order valence-electron chi connectivity index (χ2n) is 8.05. The van der Waals surface area contributed by atoms with E-state index in [1.165, 1.54) is 22.9 Å². The Morgan fingerprint density at radius 2 is 2.03 bits per heavy atom. The molecule has 0 atom stereocenters. The summed E-state index contributed by atoms with van der Waals surface area (Å²) in [6.45, 7) is 1.82. The van der Waals surface area contributed by atoms with Crippen LogP contribution >= 0.6 is 0 Å². The largest absolute Gasteiger partial charge is 0.366 e. The van der Waals surface area contributed by atoms with E-state index in [0.717, 1.165) is 5.56 Å². The Morgan fingerprint density at radius 3 is 2.76 bits per heavy atom. The maximum Gasteiger partial charge on any atom is 0.274 e. The summed E-state index contributed by atoms with van der Waals surface area (Å²) in [7, 11) is 0. The number of halogens is 2. The van der Waals surface area contributed by atoms with Crippen LogP contribution in [-0.4, -0.2) is 37.3 Å². The molecule has 0 aliphatic heterocycles. The highest BCUT2D eigenvalue weighted by Gasteiger charge is 2.48. The number of fused-ring (bicyclic) bond motifs is 1. The number of nitrogens with two attached hydrogens (primary N) is 1. The third kappa shape index (κ3) is 3.81. The fraction of sp³-hybridized carbons (Fsp3) is 0.227. The minimum absolute atomic E-state index is 0.179. The van der Waals surface area contributed by atoms with Crippen LogP contribution in [0.4, 0.5) is 14.5 Å². The molecular weight excluding hydrogens is 434 g/mol. The molecule has 0 saturated heterocycles. The summed E-state index contributed by atoms with van der Waals surface area (Å²) >= 11 is 0. The lowest BCUT2D eigenvalue weighted by Crippen LogP contribution is -2.33. The lowest BCUT2D eigenvalue weighted by atomic mass is 9.81. The molecule has 0 unspecified atom stereocenters. The number of primary amides is 1. The number of pyridine rings is 1. The average molecular weight is 452 g/mol. The monoisotopic (exact) mass is 452 g/mol. The Bertz CT molecular complexity index is 1400. The van der Waals surface area contributed by atoms with E-state index in [4.69, 9.17) is 10.3 Å². The van der Waals surface area contributed by atoms with Gasteiger partial charge < -0.3 is 15.6 Å². The Hall–Kier alpha value is -4.15. The van der Waals surface area contributed by atoms with Crippen LogP contribution < -0.4 is 11.1 Å². The molecule has 3 N–H and O–H groups in total. The van der Waals surface area contributed by atoms with E-state index < -0.39 is 23.7 Å². The predicted molar refractivity (Wildman–Crippen MR) is 113 cm³/mol. The highest BCUT2D eigenvalue weighted by molar-refractivity contribution is 6.04. The average Bonchev–Trinajstić information content (AvgIpc) is 3.40. The summed E-state index contributed by atoms with van der Waals surface area (Å²) in [4.78, 5) is 32.9. The van der Waals surface area contributed by atoms with Gasteiger partial charge in [0.1, 0.15) is 11.3 Å². The van der Waals surface area contributed by atoms with Crippen molar-refractivity contribution < 1.29 is 22.9 Å². The van der Waals surface area contributed by atoms with Gasteiger partial charge in [-0.25, -0.2) is 13.8 Å². The Labute approximate surface area is 185 Å². The molecular formula is C22H18F2N6O3. The van der Waals surface area contributed by atoms with Crippen LogP contribution in [0, 0.1) is 6.92 Å². The van der Waals surface area contributed by atoms with Crippen LogP contribution in [0.25, 0.3) is 17.0 Å². The lowest BCUT2D eigenvalue weighted by molar-refractivity contribution is -0.0925. The topological polar surface area (TPSA) is 128 Å². The molecule has 5 rings (SSSR count). The smallest absolute Gasteiger partial charge is 0.274 e. The molecule has 4 aromatic rings. The molecule has 2 amide bonds. The van der Waals surface area contributed by atoms with Gasteiger partial charge in [-0.2, -0.15) is 4.98 Å². The number of hydrogen-bond acceptors (Lipinski definition) is 6. The molecule has 11 heteroatoms. The van der Waals surface area contributed by atoms with Crippen molar-refractivity contribution in [2.24, 2.45) is 5.73 Å². The van der Waals surface area contributed by atoms with Gasteiger partial charge >= 0.3 is 0 Å². The van der Waals surface area contributed by atoms with E-state index in [-0.39, 0.29) is 35.8 Å². The fourth-order valence-electron chi connectivity index (χ4n) is 3.73. The third-order valence-corrected chi connectivity index (χ3v) is 5.65. The standard InChI is InChI=1S/C22H18F2N6O3/c1-11-2-3-12(19-28-21(33-29-19)14-7-22(23,24)8-14)6-15(11)27-20(32)16-9-26-17-5-4-13(18(25)31)10-30(16)17/h2-6,9-10,14H,7-8H2,1H3,(H2,25,31)(H,27,32). The van der Waals surface area contributed by atoms with Crippen molar-refractivity contribution in [1.82, 2.24) is 19.5 Å². The van der Waals surface area contributed by atoms with Crippen LogP contribution in [0.5, 0.6) is 0 Å². The minimum atomic E-state index is -2.68. The summed E-state index contributed by atoms with van der Waals surface area (Å²) < 4.78 is 32.9. The highest BCUT2D eigenvalue weighted by Crippen LogP contribution is 2.47. The van der Waals surface area contributed by atoms with Crippen molar-refractivity contribution >= 4 is 23.1 Å². The zero-order valence-electron chi connectivity index (χ0n) is 17.4. The van der Waals surface area contributed by atoms with Gasteiger partial charge in [0.15, 0.2) is 0 Å². The maximum atomic E-state index is 13.1. The molecule has 1 fully saturated rings. The molecule has 0 radical (unpaired) electrons. The van der Waals surface area contributed by atoms with Crippen molar-refractivity contribution in [1.29, 1.82) is 0 Å². The number of nitrogens with zero attached hydrogens (tertiary/aromatic N) is 4. The molecule has 1 aromatic carbocycles. The molecule has 1 aliphatic rings. The van der Waals surface area contributed by atoms with Gasteiger partial charge in [-0.05, 0) is 30.7 Å². The van der Waals surface area contributed by atoms with Crippen LogP contribution in [0.1, 0.15) is 51.1 Å². The molecule has 33 heavy (non-hydrogen) atoms. The predicted octanol–water partition coefficient (Wildman–Crippen LogP) is 3.56. The fourth-order valence-corrected chi connectivity index (χ4v) is 3.73. The second kappa shape index (κ2) is 7.47. The maximum absolute atomic E-state index is 13.1. The molecule has 1 aliphatic carbocycles. The second-order valence-corrected chi connectivity index (χ2v) is 8.05. The number of benzene rings is 1. The van der Waals surface area contributed by atoms with Crippen LogP contribution in [0.2, 0.25) is 0 Å². The van der Waals surface area contributed by atoms with Crippen molar-refractivity contribution in [2.45, 2.75) is 31.6 Å². The number of hydrogen-bond donors (Lipinski definition) is 2. The first-order valence-electron chi connectivity index (χ1n) is 10.1. The van der Waals surface area contributed by atoms with Crippen LogP contribution in [0.15, 0.2) is 47.2 Å². The minimum Gasteiger partial charge on any atom is -0.366 e. The third-order valence-electron chi connectivity index (χ3n) is 5.65. The summed E-state index contributed by atoms with van der Waals surface area (Å²) in [6.07, 6.45) is 2.24. The van der Waals surface area contributed by atoms with Crippen molar-refractivity contribution in [3.63, 3.8) is 0 Å². The van der Waals surface area contributed by atoms with Gasteiger partial charge in [-0.1, -0.05) is 17.3 Å². The van der Waals surface area contributed by atoms with E-state index in [2.05, 4.69) is 20.4 Å². The van der Waals surface area contributed by atoms with E-state index in [0.29, 0.717) is 16.9 Å². The molecule has 9 nitrogen and oxygen atoms in total. The summed E-state index contributed by atoms with van der Waals surface area (Å²) in [6, 6.07) is 8.33. The Morgan fingerprint density at radius 1 is 1.24 bits per heavy atom. The van der Waals surface area contributed by atoms with E-state index >= 15 is 0 Å². The number of anilines is 1. The van der Waals surface area contributed by atoms with E-state index in [1.54, 1.807) is 24.3 Å². The van der Waals surface area contributed by atoms with Gasteiger partial charge in [0, 0.05) is 36.2 Å². The molecule has 0 bridgehead atoms. The van der Waals surface area contributed by atoms with Crippen molar-refractivity contribution in [3.8, 4) is 11.4 Å². The van der Waals surface area contributed by atoms with Crippen molar-refractivity contribution in [2.75, 3.05) is 5.32 Å². The number of rotatable bonds is 5. The normalized spacial score (nSPS) is 15.4. The number of aryl methyl sites for hydroxylation is 1. The van der Waals surface area contributed by atoms with E-state index in [1.807, 2.05) is 6.92 Å². The Kier molecular flexibility index (Phi) is 4.69. The summed E-state index contributed by atoms with van der Waals surface area (Å²) in [5, 5.41) is 6.73.